The first kappa shape index (κ1) is 11.2. The van der Waals surface area contributed by atoms with Gasteiger partial charge in [0.2, 0.25) is 0 Å². The van der Waals surface area contributed by atoms with Crippen LogP contribution in [-0.2, 0) is 6.54 Å². The topological polar surface area (TPSA) is 34.9 Å². The summed E-state index contributed by atoms with van der Waals surface area (Å²) in [6.07, 6.45) is 2.99. The zero-order chi connectivity index (χ0) is 10.8. The molecule has 5 heteroatoms. The van der Waals surface area contributed by atoms with Gasteiger partial charge in [-0.1, -0.05) is 11.6 Å². The molecular weight excluding hydrogens is 202 g/mol. The minimum Gasteiger partial charge on any atom is -0.329 e. The fourth-order valence-electron chi connectivity index (χ4n) is 0.996. The van der Waals surface area contributed by atoms with E-state index in [0.717, 1.165) is 11.0 Å². The quantitative estimate of drug-likeness (QED) is 0.694. The van der Waals surface area contributed by atoms with Crippen molar-refractivity contribution in [3.05, 3.63) is 27.9 Å². The predicted molar refractivity (Wildman–Crippen MR) is 56.4 cm³/mol. The van der Waals surface area contributed by atoms with Crippen LogP contribution in [0.3, 0.4) is 0 Å². The molecule has 0 bridgehead atoms. The summed E-state index contributed by atoms with van der Waals surface area (Å²) in [5, 5.41) is 0.492. The largest absolute Gasteiger partial charge is 0.347 e. The molecule has 0 aliphatic carbocycles. The first-order valence-electron chi connectivity index (χ1n) is 4.41. The minimum absolute atomic E-state index is 0.247. The van der Waals surface area contributed by atoms with Crippen LogP contribution < -0.4 is 5.69 Å². The minimum atomic E-state index is -0.247. The zero-order valence-corrected chi connectivity index (χ0v) is 9.45. The first-order valence-corrected chi connectivity index (χ1v) is 4.79. The van der Waals surface area contributed by atoms with E-state index in [1.54, 1.807) is 6.20 Å². The molecule has 1 heterocycles. The number of likely N-dealkylation sites (N-methyl/N-ethyl adjacent to an activating group) is 1. The van der Waals surface area contributed by atoms with E-state index in [0.29, 0.717) is 11.6 Å². The molecule has 0 N–H and O–H groups in total. The Morgan fingerprint density at radius 2 is 2.14 bits per heavy atom. The van der Waals surface area contributed by atoms with Crippen LogP contribution in [0.15, 0.2) is 17.2 Å². The highest BCUT2D eigenvalue weighted by atomic mass is 35.5. The van der Waals surface area contributed by atoms with Crippen LogP contribution in [0, 0.1) is 0 Å². The number of rotatable bonds is 3. The lowest BCUT2D eigenvalue weighted by Crippen LogP contribution is -2.39. The second kappa shape index (κ2) is 4.11. The van der Waals surface area contributed by atoms with Crippen molar-refractivity contribution in [1.82, 2.24) is 9.55 Å². The second-order valence-electron chi connectivity index (χ2n) is 4.26. The van der Waals surface area contributed by atoms with E-state index in [-0.39, 0.29) is 5.69 Å². The van der Waals surface area contributed by atoms with Crippen LogP contribution >= 0.6 is 11.6 Å². The van der Waals surface area contributed by atoms with Crippen molar-refractivity contribution < 1.29 is 4.48 Å². The van der Waals surface area contributed by atoms with Crippen molar-refractivity contribution >= 4 is 11.6 Å². The molecule has 0 saturated carbocycles. The Kier molecular flexibility index (Phi) is 3.29. The monoisotopic (exact) mass is 216 g/mol. The van der Waals surface area contributed by atoms with E-state index < -0.39 is 0 Å². The third-order valence-electron chi connectivity index (χ3n) is 1.83. The molecule has 0 saturated heterocycles. The Morgan fingerprint density at radius 3 is 2.71 bits per heavy atom. The third-order valence-corrected chi connectivity index (χ3v) is 2.03. The molecule has 0 amide bonds. The Labute approximate surface area is 88.3 Å². The van der Waals surface area contributed by atoms with Crippen molar-refractivity contribution in [2.24, 2.45) is 0 Å². The summed E-state index contributed by atoms with van der Waals surface area (Å²) >= 11 is 5.74. The normalized spacial score (nSPS) is 11.7. The first-order chi connectivity index (χ1) is 6.38. The van der Waals surface area contributed by atoms with E-state index in [1.807, 2.05) is 0 Å². The number of hydrogen-bond donors (Lipinski definition) is 0. The van der Waals surface area contributed by atoms with Gasteiger partial charge in [-0.25, -0.2) is 9.78 Å². The second-order valence-corrected chi connectivity index (χ2v) is 4.70. The Bertz CT molecular complexity index is 367. The average molecular weight is 217 g/mol. The highest BCUT2D eigenvalue weighted by molar-refractivity contribution is 6.30. The molecule has 0 atom stereocenters. The van der Waals surface area contributed by atoms with Gasteiger partial charge in [0.05, 0.1) is 45.5 Å². The lowest BCUT2D eigenvalue weighted by molar-refractivity contribution is -0.871. The molecule has 0 unspecified atom stereocenters. The van der Waals surface area contributed by atoms with Crippen molar-refractivity contribution in [2.75, 3.05) is 27.7 Å². The third kappa shape index (κ3) is 3.47. The predicted octanol–water partition coefficient (Wildman–Crippen LogP) is 0.603. The van der Waals surface area contributed by atoms with Crippen LogP contribution in [0.4, 0.5) is 0 Å². The average Bonchev–Trinajstić information content (AvgIpc) is 2.05. The summed E-state index contributed by atoms with van der Waals surface area (Å²) in [6.45, 7) is 1.50. The van der Waals surface area contributed by atoms with E-state index >= 15 is 0 Å². The van der Waals surface area contributed by atoms with Crippen LogP contribution in [0.2, 0.25) is 5.02 Å². The Balaban J connectivity index is 2.77. The molecule has 1 aromatic heterocycles. The molecule has 0 aliphatic heterocycles. The number of nitrogens with zero attached hydrogens (tertiary/aromatic N) is 3. The van der Waals surface area contributed by atoms with Crippen molar-refractivity contribution in [1.29, 1.82) is 0 Å². The molecule has 0 aromatic carbocycles. The van der Waals surface area contributed by atoms with Gasteiger partial charge >= 0.3 is 5.69 Å². The molecule has 0 spiro atoms. The highest BCUT2D eigenvalue weighted by Crippen LogP contribution is 2.01. The summed E-state index contributed by atoms with van der Waals surface area (Å²) in [4.78, 5) is 14.9. The number of aromatic nitrogens is 2. The van der Waals surface area contributed by atoms with Crippen molar-refractivity contribution in [3.63, 3.8) is 0 Å². The molecule has 14 heavy (non-hydrogen) atoms. The van der Waals surface area contributed by atoms with Gasteiger partial charge in [-0.05, 0) is 0 Å². The van der Waals surface area contributed by atoms with Gasteiger partial charge in [-0.15, -0.1) is 0 Å². The van der Waals surface area contributed by atoms with Gasteiger partial charge < -0.3 is 4.48 Å². The van der Waals surface area contributed by atoms with E-state index in [2.05, 4.69) is 26.1 Å². The maximum Gasteiger partial charge on any atom is 0.347 e. The van der Waals surface area contributed by atoms with Crippen LogP contribution in [0.1, 0.15) is 0 Å². The van der Waals surface area contributed by atoms with Gasteiger partial charge in [0, 0.05) is 6.20 Å². The smallest absolute Gasteiger partial charge is 0.329 e. The molecule has 1 aromatic rings. The summed E-state index contributed by atoms with van der Waals surface area (Å²) in [5.41, 5.74) is -0.247. The van der Waals surface area contributed by atoms with E-state index in [9.17, 15) is 4.79 Å². The molecule has 1 rings (SSSR count). The maximum absolute atomic E-state index is 11.3. The van der Waals surface area contributed by atoms with Crippen LogP contribution in [-0.4, -0.2) is 41.7 Å². The van der Waals surface area contributed by atoms with E-state index in [1.165, 1.54) is 10.8 Å². The fourth-order valence-corrected chi connectivity index (χ4v) is 1.16. The SMILES string of the molecule is C[N+](C)(C)CCn1cc(Cl)cnc1=O. The van der Waals surface area contributed by atoms with Gasteiger partial charge in [-0.3, -0.25) is 4.57 Å². The van der Waals surface area contributed by atoms with Crippen molar-refractivity contribution in [3.8, 4) is 0 Å². The summed E-state index contributed by atoms with van der Waals surface area (Å²) in [5.74, 6) is 0. The van der Waals surface area contributed by atoms with Gasteiger partial charge in [-0.2, -0.15) is 0 Å². The van der Waals surface area contributed by atoms with Crippen LogP contribution in [0.5, 0.6) is 0 Å². The van der Waals surface area contributed by atoms with Gasteiger partial charge in [0.1, 0.15) is 0 Å². The standard InChI is InChI=1S/C9H15ClN3O/c1-13(2,3)5-4-12-7-8(10)6-11-9(12)14/h6-7H,4-5H2,1-3H3/q+1. The summed E-state index contributed by atoms with van der Waals surface area (Å²) < 4.78 is 2.34. The fraction of sp³-hybridized carbons (Fsp3) is 0.556. The molecule has 0 radical (unpaired) electrons. The van der Waals surface area contributed by atoms with Gasteiger partial charge in [0.25, 0.3) is 0 Å². The highest BCUT2D eigenvalue weighted by Gasteiger charge is 2.07. The molecular formula is C9H15ClN3O+. The van der Waals surface area contributed by atoms with Gasteiger partial charge in [0.15, 0.2) is 0 Å². The lowest BCUT2D eigenvalue weighted by atomic mass is 10.5. The molecule has 4 nitrogen and oxygen atoms in total. The van der Waals surface area contributed by atoms with E-state index in [4.69, 9.17) is 11.6 Å². The number of quaternary nitrogens is 1. The van der Waals surface area contributed by atoms with Crippen molar-refractivity contribution in [2.45, 2.75) is 6.54 Å². The summed E-state index contributed by atoms with van der Waals surface area (Å²) in [6, 6.07) is 0. The Hall–Kier alpha value is -0.870. The lowest BCUT2D eigenvalue weighted by Gasteiger charge is -2.23. The zero-order valence-electron chi connectivity index (χ0n) is 8.70. The number of hydrogen-bond acceptors (Lipinski definition) is 2. The number of halogens is 1. The maximum atomic E-state index is 11.3. The Morgan fingerprint density at radius 1 is 1.50 bits per heavy atom. The molecule has 0 fully saturated rings. The molecule has 0 aliphatic rings. The summed E-state index contributed by atoms with van der Waals surface area (Å²) in [7, 11) is 6.22. The van der Waals surface area contributed by atoms with Crippen LogP contribution in [0.25, 0.3) is 0 Å². The molecule has 78 valence electrons.